The predicted molar refractivity (Wildman–Crippen MR) is 86.8 cm³/mol. The van der Waals surface area contributed by atoms with Crippen LogP contribution in [0.15, 0.2) is 44.0 Å². The number of hydrogen-bond acceptors (Lipinski definition) is 0. The highest BCUT2D eigenvalue weighted by Gasteiger charge is 2.13. The fraction of sp³-hybridized carbons (Fsp3) is 0.0526. The summed E-state index contributed by atoms with van der Waals surface area (Å²) in [6.07, 6.45) is 11.7. The molecule has 0 radical (unpaired) electrons. The Morgan fingerprint density at radius 2 is 1.47 bits per heavy atom. The summed E-state index contributed by atoms with van der Waals surface area (Å²) in [6.45, 7) is 11.7. The lowest BCUT2D eigenvalue weighted by Crippen LogP contribution is -1.97. The van der Waals surface area contributed by atoms with Gasteiger partial charge in [0.15, 0.2) is 0 Å². The highest BCUT2D eigenvalue weighted by molar-refractivity contribution is 5.99. The fourth-order valence-corrected chi connectivity index (χ4v) is 2.54. The fourth-order valence-electron chi connectivity index (χ4n) is 2.54. The molecule has 0 spiro atoms. The third-order valence-electron chi connectivity index (χ3n) is 3.34. The van der Waals surface area contributed by atoms with Gasteiger partial charge >= 0.3 is 0 Å². The first-order valence-corrected chi connectivity index (χ1v) is 6.16. The predicted octanol–water partition coefficient (Wildman–Crippen LogP) is 4.94. The van der Waals surface area contributed by atoms with Crippen molar-refractivity contribution in [2.45, 2.75) is 6.42 Å². The lowest BCUT2D eigenvalue weighted by Gasteiger charge is -2.16. The third kappa shape index (κ3) is 2.00. The van der Waals surface area contributed by atoms with Crippen LogP contribution in [0.1, 0.15) is 22.3 Å². The van der Waals surface area contributed by atoms with E-state index < -0.39 is 0 Å². The molecule has 0 saturated carbocycles. The van der Waals surface area contributed by atoms with Crippen LogP contribution in [0.5, 0.6) is 0 Å². The number of hydrogen-bond donors (Lipinski definition) is 0. The maximum Gasteiger partial charge on any atom is 0.0350 e. The smallest absolute Gasteiger partial charge is 0.0350 e. The molecule has 2 aromatic carbocycles. The minimum absolute atomic E-state index is 0.583. The largest absolute Gasteiger partial charge is 0.120 e. The normalized spacial score (nSPS) is 9.84. The highest BCUT2D eigenvalue weighted by atomic mass is 14.2. The Morgan fingerprint density at radius 3 is 2.00 bits per heavy atom. The average molecular weight is 244 g/mol. The van der Waals surface area contributed by atoms with Gasteiger partial charge in [0.05, 0.1) is 0 Å². The van der Waals surface area contributed by atoms with E-state index in [9.17, 15) is 0 Å². The molecule has 0 atom stereocenters. The minimum atomic E-state index is 0.583. The minimum Gasteiger partial charge on any atom is -0.120 e. The van der Waals surface area contributed by atoms with Gasteiger partial charge in [-0.25, -0.2) is 0 Å². The van der Waals surface area contributed by atoms with Crippen LogP contribution in [-0.2, 0) is 6.42 Å². The molecular formula is C19H16. The van der Waals surface area contributed by atoms with E-state index in [4.69, 9.17) is 6.42 Å². The van der Waals surface area contributed by atoms with Gasteiger partial charge in [0.1, 0.15) is 0 Å². The summed E-state index contributed by atoms with van der Waals surface area (Å²) in [4.78, 5) is 0. The molecule has 0 bridgehead atoms. The molecular weight excluding hydrogens is 228 g/mol. The first-order valence-electron chi connectivity index (χ1n) is 6.16. The van der Waals surface area contributed by atoms with Gasteiger partial charge < -0.3 is 0 Å². The van der Waals surface area contributed by atoms with Crippen molar-refractivity contribution in [3.8, 4) is 12.3 Å². The number of terminal acetylenes is 1. The zero-order chi connectivity index (χ0) is 13.8. The quantitative estimate of drug-likeness (QED) is 0.668. The maximum atomic E-state index is 5.51. The van der Waals surface area contributed by atoms with Gasteiger partial charge in [0.2, 0.25) is 0 Å². The van der Waals surface area contributed by atoms with Crippen molar-refractivity contribution < 1.29 is 0 Å². The van der Waals surface area contributed by atoms with Gasteiger partial charge in [0.25, 0.3) is 0 Å². The van der Waals surface area contributed by atoms with Crippen LogP contribution >= 0.6 is 0 Å². The monoisotopic (exact) mass is 244 g/mol. The molecule has 0 saturated heterocycles. The lowest BCUT2D eigenvalue weighted by atomic mass is 9.87. The Bertz CT molecular complexity index is 709. The molecule has 0 unspecified atom stereocenters. The average Bonchev–Trinajstić information content (AvgIpc) is 2.46. The molecule has 92 valence electrons. The second-order valence-corrected chi connectivity index (χ2v) is 4.26. The maximum absolute atomic E-state index is 5.51. The zero-order valence-corrected chi connectivity index (χ0v) is 10.9. The lowest BCUT2D eigenvalue weighted by molar-refractivity contribution is 1.33. The Balaban J connectivity index is 3.06. The van der Waals surface area contributed by atoms with Gasteiger partial charge in [-0.2, -0.15) is 0 Å². The summed E-state index contributed by atoms with van der Waals surface area (Å²) in [6, 6.07) is 8.23. The molecule has 0 amide bonds. The topological polar surface area (TPSA) is 0 Å². The van der Waals surface area contributed by atoms with Crippen LogP contribution in [0.25, 0.3) is 29.0 Å². The van der Waals surface area contributed by atoms with Gasteiger partial charge in [-0.15, -0.1) is 12.3 Å². The Kier molecular flexibility index (Phi) is 3.68. The molecule has 0 aliphatic carbocycles. The Labute approximate surface area is 114 Å². The molecule has 0 nitrogen and oxygen atoms in total. The van der Waals surface area contributed by atoms with Crippen molar-refractivity contribution in [2.75, 3.05) is 0 Å². The Morgan fingerprint density at radius 1 is 0.895 bits per heavy atom. The van der Waals surface area contributed by atoms with Gasteiger partial charge in [-0.1, -0.05) is 62.2 Å². The highest BCUT2D eigenvalue weighted by Crippen LogP contribution is 2.33. The molecule has 0 aliphatic rings. The molecule has 0 fully saturated rings. The zero-order valence-electron chi connectivity index (χ0n) is 10.9. The molecule has 0 heteroatoms. The van der Waals surface area contributed by atoms with Gasteiger partial charge in [0, 0.05) is 6.42 Å². The summed E-state index contributed by atoms with van der Waals surface area (Å²) in [5.74, 6) is 2.73. The number of fused-ring (bicyclic) bond motifs is 1. The SMILES string of the molecule is C#CCc1c(C=C)c(C=C)c(C=C)c2ccccc12. The molecule has 2 rings (SSSR count). The van der Waals surface area contributed by atoms with Gasteiger partial charge in [-0.3, -0.25) is 0 Å². The second kappa shape index (κ2) is 5.42. The number of rotatable bonds is 4. The van der Waals surface area contributed by atoms with Crippen LogP contribution in [0.2, 0.25) is 0 Å². The second-order valence-electron chi connectivity index (χ2n) is 4.26. The van der Waals surface area contributed by atoms with Crippen LogP contribution in [0, 0.1) is 12.3 Å². The van der Waals surface area contributed by atoms with Crippen molar-refractivity contribution in [3.63, 3.8) is 0 Å². The van der Waals surface area contributed by atoms with E-state index in [2.05, 4.69) is 37.8 Å². The summed E-state index contributed by atoms with van der Waals surface area (Å²) < 4.78 is 0. The van der Waals surface area contributed by atoms with Crippen LogP contribution in [0.4, 0.5) is 0 Å². The van der Waals surface area contributed by atoms with Crippen molar-refractivity contribution in [1.29, 1.82) is 0 Å². The molecule has 0 aromatic heterocycles. The van der Waals surface area contributed by atoms with Crippen molar-refractivity contribution in [2.24, 2.45) is 0 Å². The van der Waals surface area contributed by atoms with E-state index in [0.29, 0.717) is 6.42 Å². The number of benzene rings is 2. The summed E-state index contributed by atoms with van der Waals surface area (Å²) >= 11 is 0. The van der Waals surface area contributed by atoms with Crippen molar-refractivity contribution in [1.82, 2.24) is 0 Å². The Hall–Kier alpha value is -2.52. The van der Waals surface area contributed by atoms with Crippen LogP contribution in [0.3, 0.4) is 0 Å². The van der Waals surface area contributed by atoms with Crippen LogP contribution < -0.4 is 0 Å². The summed E-state index contributed by atoms with van der Waals surface area (Å²) in [5.41, 5.74) is 4.32. The van der Waals surface area contributed by atoms with E-state index in [1.807, 2.05) is 30.4 Å². The molecule has 0 N–H and O–H groups in total. The molecule has 0 heterocycles. The van der Waals surface area contributed by atoms with Gasteiger partial charge in [-0.05, 0) is 33.0 Å². The van der Waals surface area contributed by atoms with E-state index in [1.54, 1.807) is 0 Å². The van der Waals surface area contributed by atoms with Crippen molar-refractivity contribution in [3.05, 3.63) is 66.3 Å². The van der Waals surface area contributed by atoms with E-state index in [0.717, 1.165) is 33.0 Å². The van der Waals surface area contributed by atoms with Crippen molar-refractivity contribution >= 4 is 29.0 Å². The van der Waals surface area contributed by atoms with Crippen LogP contribution in [-0.4, -0.2) is 0 Å². The molecule has 19 heavy (non-hydrogen) atoms. The third-order valence-corrected chi connectivity index (χ3v) is 3.34. The van der Waals surface area contributed by atoms with E-state index >= 15 is 0 Å². The van der Waals surface area contributed by atoms with E-state index in [-0.39, 0.29) is 0 Å². The summed E-state index contributed by atoms with van der Waals surface area (Å²) in [5, 5.41) is 2.32. The standard InChI is InChI=1S/C19H16/c1-5-11-17-15(7-3)14(6-2)16(8-4)18-12-9-10-13-19(17)18/h1,6-10,12-13H,2-4,11H2. The van der Waals surface area contributed by atoms with E-state index in [1.165, 1.54) is 0 Å². The first kappa shape index (κ1) is 12.9. The first-order chi connectivity index (χ1) is 9.28. The molecule has 2 aromatic rings. The summed E-state index contributed by atoms with van der Waals surface area (Å²) in [7, 11) is 0. The molecule has 0 aliphatic heterocycles.